The Morgan fingerprint density at radius 2 is 2.00 bits per heavy atom. The van der Waals surface area contributed by atoms with E-state index in [0.29, 0.717) is 12.0 Å². The van der Waals surface area contributed by atoms with E-state index in [0.717, 1.165) is 5.56 Å². The zero-order valence-corrected chi connectivity index (χ0v) is 10.9. The molecular weight excluding hydrogens is 230 g/mol. The first kappa shape index (κ1) is 14.2. The fourth-order valence-electron chi connectivity index (χ4n) is 1.72. The maximum Gasteiger partial charge on any atom is 0.326 e. The fourth-order valence-corrected chi connectivity index (χ4v) is 1.72. The second-order valence-corrected chi connectivity index (χ2v) is 4.86. The van der Waals surface area contributed by atoms with Crippen LogP contribution in [0, 0.1) is 12.8 Å². The number of aryl methyl sites for hydroxylation is 1. The fraction of sp³-hybridized carbons (Fsp3) is 0.429. The molecule has 1 aromatic rings. The van der Waals surface area contributed by atoms with E-state index < -0.39 is 12.0 Å². The van der Waals surface area contributed by atoms with Gasteiger partial charge < -0.3 is 10.4 Å². The van der Waals surface area contributed by atoms with Gasteiger partial charge in [0.05, 0.1) is 0 Å². The van der Waals surface area contributed by atoms with E-state index in [-0.39, 0.29) is 11.8 Å². The van der Waals surface area contributed by atoms with Crippen LogP contribution in [0.5, 0.6) is 0 Å². The van der Waals surface area contributed by atoms with Gasteiger partial charge in [-0.2, -0.15) is 0 Å². The van der Waals surface area contributed by atoms with Crippen molar-refractivity contribution in [2.45, 2.75) is 33.2 Å². The minimum Gasteiger partial charge on any atom is -0.480 e. The van der Waals surface area contributed by atoms with Crippen LogP contribution in [-0.2, 0) is 4.79 Å². The number of amides is 1. The topological polar surface area (TPSA) is 66.4 Å². The Morgan fingerprint density at radius 1 is 1.33 bits per heavy atom. The number of carboxylic acids is 1. The van der Waals surface area contributed by atoms with Gasteiger partial charge in [0, 0.05) is 5.56 Å². The second kappa shape index (κ2) is 6.19. The number of aliphatic carboxylic acids is 1. The largest absolute Gasteiger partial charge is 0.480 e. The van der Waals surface area contributed by atoms with E-state index in [2.05, 4.69) is 5.32 Å². The molecule has 0 heterocycles. The Labute approximate surface area is 107 Å². The highest BCUT2D eigenvalue weighted by Gasteiger charge is 2.21. The van der Waals surface area contributed by atoms with Gasteiger partial charge in [0.2, 0.25) is 0 Å². The first-order valence-corrected chi connectivity index (χ1v) is 6.00. The number of carbonyl (C=O) groups is 2. The lowest BCUT2D eigenvalue weighted by atomic mass is 10.0. The molecule has 0 aliphatic heterocycles. The highest BCUT2D eigenvalue weighted by atomic mass is 16.4. The highest BCUT2D eigenvalue weighted by Crippen LogP contribution is 2.08. The molecule has 1 amide bonds. The van der Waals surface area contributed by atoms with Gasteiger partial charge in [0.25, 0.3) is 5.91 Å². The molecule has 0 aromatic heterocycles. The monoisotopic (exact) mass is 249 g/mol. The van der Waals surface area contributed by atoms with Crippen LogP contribution < -0.4 is 5.32 Å². The maximum atomic E-state index is 11.9. The summed E-state index contributed by atoms with van der Waals surface area (Å²) in [6.07, 6.45) is 0.424. The number of benzene rings is 1. The SMILES string of the molecule is Cc1cccc(C(=O)NC(CC(C)C)C(=O)O)c1. The molecule has 0 saturated heterocycles. The first-order chi connectivity index (χ1) is 8.40. The molecule has 1 atom stereocenters. The van der Waals surface area contributed by atoms with E-state index in [4.69, 9.17) is 5.11 Å². The molecule has 1 aromatic carbocycles. The van der Waals surface area contributed by atoms with Crippen molar-refractivity contribution in [1.29, 1.82) is 0 Å². The summed E-state index contributed by atoms with van der Waals surface area (Å²) in [5.41, 5.74) is 1.46. The van der Waals surface area contributed by atoms with Crippen LogP contribution in [0.1, 0.15) is 36.2 Å². The summed E-state index contributed by atoms with van der Waals surface area (Å²) in [7, 11) is 0. The molecular formula is C14H19NO3. The van der Waals surface area contributed by atoms with Crippen LogP contribution in [0.2, 0.25) is 0 Å². The van der Waals surface area contributed by atoms with Gasteiger partial charge in [-0.3, -0.25) is 4.79 Å². The standard InChI is InChI=1S/C14H19NO3/c1-9(2)7-12(14(17)18)15-13(16)11-6-4-5-10(3)8-11/h4-6,8-9,12H,7H2,1-3H3,(H,15,16)(H,17,18). The van der Waals surface area contributed by atoms with Gasteiger partial charge in [-0.25, -0.2) is 4.79 Å². The summed E-state index contributed by atoms with van der Waals surface area (Å²) in [4.78, 5) is 23.0. The summed E-state index contributed by atoms with van der Waals surface area (Å²) in [6, 6.07) is 6.25. The van der Waals surface area contributed by atoms with Crippen molar-refractivity contribution >= 4 is 11.9 Å². The van der Waals surface area contributed by atoms with E-state index in [1.807, 2.05) is 26.8 Å². The number of carbonyl (C=O) groups excluding carboxylic acids is 1. The van der Waals surface area contributed by atoms with E-state index in [1.165, 1.54) is 0 Å². The molecule has 0 spiro atoms. The summed E-state index contributed by atoms with van der Waals surface area (Å²) < 4.78 is 0. The Bertz CT molecular complexity index is 440. The molecule has 98 valence electrons. The van der Waals surface area contributed by atoms with Crippen molar-refractivity contribution in [3.63, 3.8) is 0 Å². The summed E-state index contributed by atoms with van der Waals surface area (Å²) in [5, 5.41) is 11.6. The molecule has 1 rings (SSSR count). The molecule has 0 saturated carbocycles. The lowest BCUT2D eigenvalue weighted by Crippen LogP contribution is -2.41. The number of hydrogen-bond acceptors (Lipinski definition) is 2. The van der Waals surface area contributed by atoms with Crippen molar-refractivity contribution in [3.05, 3.63) is 35.4 Å². The Hall–Kier alpha value is -1.84. The average Bonchev–Trinajstić information content (AvgIpc) is 2.27. The second-order valence-electron chi connectivity index (χ2n) is 4.86. The summed E-state index contributed by atoms with van der Waals surface area (Å²) in [5.74, 6) is -1.12. The van der Waals surface area contributed by atoms with Crippen molar-refractivity contribution in [2.75, 3.05) is 0 Å². The lowest BCUT2D eigenvalue weighted by Gasteiger charge is -2.16. The predicted octanol–water partition coefficient (Wildman–Crippen LogP) is 2.22. The Balaban J connectivity index is 2.75. The number of rotatable bonds is 5. The van der Waals surface area contributed by atoms with Gasteiger partial charge in [-0.05, 0) is 31.4 Å². The van der Waals surface area contributed by atoms with Crippen molar-refractivity contribution in [3.8, 4) is 0 Å². The smallest absolute Gasteiger partial charge is 0.326 e. The molecule has 0 aliphatic carbocycles. The molecule has 1 unspecified atom stereocenters. The van der Waals surface area contributed by atoms with E-state index in [9.17, 15) is 9.59 Å². The Morgan fingerprint density at radius 3 is 2.50 bits per heavy atom. The minimum atomic E-state index is -0.996. The van der Waals surface area contributed by atoms with Crippen molar-refractivity contribution < 1.29 is 14.7 Å². The van der Waals surface area contributed by atoms with Crippen LogP contribution in [0.15, 0.2) is 24.3 Å². The molecule has 0 aliphatic rings. The van der Waals surface area contributed by atoms with Crippen molar-refractivity contribution in [2.24, 2.45) is 5.92 Å². The van der Waals surface area contributed by atoms with Crippen LogP contribution in [0.3, 0.4) is 0 Å². The predicted molar refractivity (Wildman–Crippen MR) is 69.5 cm³/mol. The molecule has 2 N–H and O–H groups in total. The molecule has 18 heavy (non-hydrogen) atoms. The van der Waals surface area contributed by atoms with E-state index >= 15 is 0 Å². The number of nitrogens with one attached hydrogen (secondary N) is 1. The number of carboxylic acid groups (broad SMARTS) is 1. The highest BCUT2D eigenvalue weighted by molar-refractivity contribution is 5.96. The molecule has 0 fully saturated rings. The van der Waals surface area contributed by atoms with Gasteiger partial charge in [0.15, 0.2) is 0 Å². The summed E-state index contributed by atoms with van der Waals surface area (Å²) in [6.45, 7) is 5.74. The third-order valence-corrected chi connectivity index (χ3v) is 2.59. The van der Waals surface area contributed by atoms with Crippen LogP contribution in [0.4, 0.5) is 0 Å². The summed E-state index contributed by atoms with van der Waals surface area (Å²) >= 11 is 0. The average molecular weight is 249 g/mol. The zero-order chi connectivity index (χ0) is 13.7. The quantitative estimate of drug-likeness (QED) is 0.841. The van der Waals surface area contributed by atoms with E-state index in [1.54, 1.807) is 18.2 Å². The van der Waals surface area contributed by atoms with Crippen LogP contribution >= 0.6 is 0 Å². The minimum absolute atomic E-state index is 0.212. The van der Waals surface area contributed by atoms with Gasteiger partial charge in [-0.1, -0.05) is 31.5 Å². The third kappa shape index (κ3) is 4.20. The van der Waals surface area contributed by atoms with Crippen LogP contribution in [0.25, 0.3) is 0 Å². The van der Waals surface area contributed by atoms with Gasteiger partial charge in [0.1, 0.15) is 6.04 Å². The van der Waals surface area contributed by atoms with Crippen LogP contribution in [-0.4, -0.2) is 23.0 Å². The van der Waals surface area contributed by atoms with Gasteiger partial charge in [-0.15, -0.1) is 0 Å². The lowest BCUT2D eigenvalue weighted by molar-refractivity contribution is -0.139. The Kier molecular flexibility index (Phi) is 4.89. The number of hydrogen-bond donors (Lipinski definition) is 2. The third-order valence-electron chi connectivity index (χ3n) is 2.59. The zero-order valence-electron chi connectivity index (χ0n) is 10.9. The molecule has 4 heteroatoms. The first-order valence-electron chi connectivity index (χ1n) is 6.00. The molecule has 0 bridgehead atoms. The normalized spacial score (nSPS) is 12.2. The van der Waals surface area contributed by atoms with Crippen molar-refractivity contribution in [1.82, 2.24) is 5.32 Å². The molecule has 4 nitrogen and oxygen atoms in total. The molecule has 0 radical (unpaired) electrons. The van der Waals surface area contributed by atoms with Gasteiger partial charge >= 0.3 is 5.97 Å². The maximum absolute atomic E-state index is 11.9.